The number of piperazine rings is 1. The van der Waals surface area contributed by atoms with E-state index >= 15 is 0 Å². The van der Waals surface area contributed by atoms with E-state index in [0.717, 1.165) is 11.1 Å². The van der Waals surface area contributed by atoms with Crippen LogP contribution in [0.4, 0.5) is 5.69 Å². The Bertz CT molecular complexity index is 972. The van der Waals surface area contributed by atoms with Crippen LogP contribution in [0.25, 0.3) is 0 Å². The van der Waals surface area contributed by atoms with Crippen molar-refractivity contribution in [2.75, 3.05) is 26.2 Å². The number of nitro groups is 1. The zero-order chi connectivity index (χ0) is 22.5. The zero-order valence-corrected chi connectivity index (χ0v) is 17.9. The fraction of sp³-hybridized carbons (Fsp3) is 0.364. The summed E-state index contributed by atoms with van der Waals surface area (Å²) >= 11 is 5.84. The van der Waals surface area contributed by atoms with Crippen LogP contribution in [0.3, 0.4) is 0 Å². The third-order valence-corrected chi connectivity index (χ3v) is 5.85. The van der Waals surface area contributed by atoms with Crippen LogP contribution in [0, 0.1) is 17.0 Å². The summed E-state index contributed by atoms with van der Waals surface area (Å²) in [5.41, 5.74) is 2.12. The van der Waals surface area contributed by atoms with E-state index in [1.165, 1.54) is 18.2 Å². The number of hydrogen-bond acceptors (Lipinski definition) is 5. The molecule has 1 fully saturated rings. The number of carboxylic acids is 1. The lowest BCUT2D eigenvalue weighted by Crippen LogP contribution is -2.49. The maximum Gasteiger partial charge on any atom is 0.303 e. The molecule has 1 atom stereocenters. The number of rotatable bonds is 7. The normalized spacial score (nSPS) is 15.5. The van der Waals surface area contributed by atoms with Crippen molar-refractivity contribution < 1.29 is 19.6 Å². The molecule has 1 saturated heterocycles. The highest BCUT2D eigenvalue weighted by Gasteiger charge is 2.28. The summed E-state index contributed by atoms with van der Waals surface area (Å²) < 4.78 is 0. The molecule has 0 aromatic heterocycles. The van der Waals surface area contributed by atoms with E-state index in [4.69, 9.17) is 16.7 Å². The number of hydrogen-bond donors (Lipinski definition) is 1. The molecule has 0 radical (unpaired) electrons. The molecule has 0 spiro atoms. The number of aliphatic carboxylic acids is 1. The molecule has 3 rings (SSSR count). The Morgan fingerprint density at radius 3 is 2.35 bits per heavy atom. The van der Waals surface area contributed by atoms with Gasteiger partial charge in [0.15, 0.2) is 0 Å². The molecular weight excluding hydrogens is 422 g/mol. The minimum Gasteiger partial charge on any atom is -0.481 e. The Kier molecular flexibility index (Phi) is 7.25. The van der Waals surface area contributed by atoms with Crippen molar-refractivity contribution in [2.24, 2.45) is 0 Å². The Labute approximate surface area is 185 Å². The van der Waals surface area contributed by atoms with Gasteiger partial charge < -0.3 is 10.0 Å². The van der Waals surface area contributed by atoms with Crippen LogP contribution < -0.4 is 0 Å². The van der Waals surface area contributed by atoms with Gasteiger partial charge in [-0.15, -0.1) is 0 Å². The maximum absolute atomic E-state index is 12.8. The van der Waals surface area contributed by atoms with Gasteiger partial charge in [-0.25, -0.2) is 0 Å². The lowest BCUT2D eigenvalue weighted by atomic mass is 9.98. The highest BCUT2D eigenvalue weighted by molar-refractivity contribution is 6.32. The summed E-state index contributed by atoms with van der Waals surface area (Å²) in [5, 5.41) is 20.2. The molecule has 0 aliphatic carbocycles. The van der Waals surface area contributed by atoms with Crippen molar-refractivity contribution in [3.8, 4) is 0 Å². The van der Waals surface area contributed by atoms with Gasteiger partial charge in [-0.2, -0.15) is 0 Å². The van der Waals surface area contributed by atoms with E-state index in [9.17, 15) is 19.7 Å². The van der Waals surface area contributed by atoms with E-state index in [1.807, 2.05) is 31.2 Å². The number of aryl methyl sites for hydroxylation is 1. The monoisotopic (exact) mass is 445 g/mol. The summed E-state index contributed by atoms with van der Waals surface area (Å²) in [6.07, 6.45) is 0.544. The molecule has 1 aliphatic heterocycles. The Morgan fingerprint density at radius 2 is 1.77 bits per heavy atom. The van der Waals surface area contributed by atoms with Crippen LogP contribution in [0.2, 0.25) is 5.02 Å². The summed E-state index contributed by atoms with van der Waals surface area (Å²) in [6, 6.07) is 12.1. The zero-order valence-electron chi connectivity index (χ0n) is 17.2. The molecule has 1 aliphatic rings. The number of carbonyl (C=O) groups is 2. The molecule has 9 heteroatoms. The van der Waals surface area contributed by atoms with Crippen LogP contribution in [0.15, 0.2) is 42.5 Å². The van der Waals surface area contributed by atoms with Crippen molar-refractivity contribution in [1.82, 2.24) is 9.80 Å². The molecule has 0 bridgehead atoms. The molecular formula is C22H24ClN3O5. The van der Waals surface area contributed by atoms with Gasteiger partial charge in [0.05, 0.1) is 4.92 Å². The number of carbonyl (C=O) groups excluding carboxylic acids is 1. The summed E-state index contributed by atoms with van der Waals surface area (Å²) in [4.78, 5) is 38.3. The van der Waals surface area contributed by atoms with Crippen molar-refractivity contribution >= 4 is 29.2 Å². The van der Waals surface area contributed by atoms with E-state index < -0.39 is 10.9 Å². The Morgan fingerprint density at radius 1 is 1.13 bits per heavy atom. The number of halogens is 1. The summed E-state index contributed by atoms with van der Waals surface area (Å²) in [5.74, 6) is -1.12. The second-order valence-corrected chi connectivity index (χ2v) is 8.02. The lowest BCUT2D eigenvalue weighted by molar-refractivity contribution is -0.384. The summed E-state index contributed by atoms with van der Waals surface area (Å²) in [7, 11) is 0. The van der Waals surface area contributed by atoms with Crippen LogP contribution in [-0.4, -0.2) is 57.9 Å². The fourth-order valence-electron chi connectivity index (χ4n) is 3.81. The van der Waals surface area contributed by atoms with Crippen molar-refractivity contribution in [3.05, 3.63) is 74.3 Å². The molecule has 164 valence electrons. The molecule has 1 heterocycles. The van der Waals surface area contributed by atoms with Gasteiger partial charge in [-0.3, -0.25) is 24.6 Å². The first-order chi connectivity index (χ1) is 14.8. The number of amides is 1. The number of nitro benzene ring substituents is 1. The first-order valence-corrected chi connectivity index (χ1v) is 10.4. The fourth-order valence-corrected chi connectivity index (χ4v) is 4.00. The predicted octanol–water partition coefficient (Wildman–Crippen LogP) is 3.92. The Balaban J connectivity index is 1.70. The minimum absolute atomic E-state index is 0.00857. The van der Waals surface area contributed by atoms with E-state index in [-0.39, 0.29) is 34.6 Å². The SMILES string of the molecule is Cc1ccc([C@@H](CCC(=O)O)N2CCN(C(=O)c3ccc(Cl)c([N+](=O)[O-])c3)CC2)cc1. The first kappa shape index (κ1) is 22.7. The van der Waals surface area contributed by atoms with Crippen LogP contribution in [-0.2, 0) is 4.79 Å². The van der Waals surface area contributed by atoms with Gasteiger partial charge >= 0.3 is 5.97 Å². The standard InChI is InChI=1S/C22H24ClN3O5/c1-15-2-4-16(5-3-15)19(8-9-21(27)28)24-10-12-25(13-11-24)22(29)17-6-7-18(23)20(14-17)26(30)31/h2-7,14,19H,8-13H2,1H3,(H,27,28)/t19-/m1/s1. The minimum atomic E-state index is -0.838. The topological polar surface area (TPSA) is 104 Å². The second-order valence-electron chi connectivity index (χ2n) is 7.61. The molecule has 1 amide bonds. The van der Waals surface area contributed by atoms with E-state index in [0.29, 0.717) is 32.6 Å². The number of benzene rings is 2. The highest BCUT2D eigenvalue weighted by atomic mass is 35.5. The molecule has 8 nitrogen and oxygen atoms in total. The van der Waals surface area contributed by atoms with Crippen molar-refractivity contribution in [1.29, 1.82) is 0 Å². The molecule has 2 aromatic rings. The smallest absolute Gasteiger partial charge is 0.303 e. The Hall–Kier alpha value is -2.97. The summed E-state index contributed by atoms with van der Waals surface area (Å²) in [6.45, 7) is 4.07. The third-order valence-electron chi connectivity index (χ3n) is 5.53. The lowest BCUT2D eigenvalue weighted by Gasteiger charge is -2.39. The van der Waals surface area contributed by atoms with Gasteiger partial charge in [0.25, 0.3) is 11.6 Å². The molecule has 0 unspecified atom stereocenters. The van der Waals surface area contributed by atoms with Crippen LogP contribution in [0.1, 0.15) is 40.4 Å². The predicted molar refractivity (Wildman–Crippen MR) is 116 cm³/mol. The van der Waals surface area contributed by atoms with Crippen LogP contribution in [0.5, 0.6) is 0 Å². The molecule has 2 aromatic carbocycles. The quantitative estimate of drug-likeness (QED) is 0.511. The molecule has 1 N–H and O–H groups in total. The highest BCUT2D eigenvalue weighted by Crippen LogP contribution is 2.29. The third kappa shape index (κ3) is 5.59. The molecule has 31 heavy (non-hydrogen) atoms. The second kappa shape index (κ2) is 9.89. The van der Waals surface area contributed by atoms with Crippen LogP contribution >= 0.6 is 11.6 Å². The number of carboxylic acid groups (broad SMARTS) is 1. The average Bonchev–Trinajstić information content (AvgIpc) is 2.75. The van der Waals surface area contributed by atoms with Gasteiger partial charge in [0.1, 0.15) is 5.02 Å². The molecule has 0 saturated carbocycles. The van der Waals surface area contributed by atoms with Crippen molar-refractivity contribution in [3.63, 3.8) is 0 Å². The van der Waals surface area contributed by atoms with Gasteiger partial charge in [0, 0.05) is 50.3 Å². The van der Waals surface area contributed by atoms with Gasteiger partial charge in [0.2, 0.25) is 0 Å². The van der Waals surface area contributed by atoms with Crippen molar-refractivity contribution in [2.45, 2.75) is 25.8 Å². The van der Waals surface area contributed by atoms with Gasteiger partial charge in [-0.05, 0) is 31.0 Å². The first-order valence-electron chi connectivity index (χ1n) is 10.0. The van der Waals surface area contributed by atoms with E-state index in [1.54, 1.807) is 4.90 Å². The number of nitrogens with zero attached hydrogens (tertiary/aromatic N) is 3. The largest absolute Gasteiger partial charge is 0.481 e. The van der Waals surface area contributed by atoms with E-state index in [2.05, 4.69) is 4.90 Å². The van der Waals surface area contributed by atoms with Gasteiger partial charge in [-0.1, -0.05) is 41.4 Å². The maximum atomic E-state index is 12.8. The average molecular weight is 446 g/mol.